The number of nitrogens with zero attached hydrogens (tertiary/aromatic N) is 2. The molecular weight excluding hydrogens is 254 g/mol. The van der Waals surface area contributed by atoms with Crippen LogP contribution >= 0.6 is 11.6 Å². The molecule has 0 spiro atoms. The van der Waals surface area contributed by atoms with Crippen LogP contribution in [0.25, 0.3) is 0 Å². The van der Waals surface area contributed by atoms with E-state index in [1.165, 1.54) is 0 Å². The Balaban J connectivity index is 1.87. The number of carbonyl (C=O) groups is 1. The number of amides is 1. The molecule has 0 aliphatic rings. The van der Waals surface area contributed by atoms with E-state index in [2.05, 4.69) is 10.4 Å². The number of rotatable bonds is 3. The summed E-state index contributed by atoms with van der Waals surface area (Å²) in [5.74, 6) is 0. The molecule has 0 unspecified atom stereocenters. The molecule has 1 amide bonds. The smallest absolute Gasteiger partial charge is 0.412 e. The SMILES string of the molecule is Cn1nc(Cl)cc1COC(=O)Nc1ccccc1. The molecule has 0 aliphatic carbocycles. The lowest BCUT2D eigenvalue weighted by Gasteiger charge is -2.06. The van der Waals surface area contributed by atoms with Gasteiger partial charge in [0.25, 0.3) is 0 Å². The number of hydrogen-bond donors (Lipinski definition) is 1. The maximum absolute atomic E-state index is 11.5. The third kappa shape index (κ3) is 3.24. The Hall–Kier alpha value is -2.01. The van der Waals surface area contributed by atoms with E-state index in [4.69, 9.17) is 16.3 Å². The second kappa shape index (κ2) is 5.55. The molecule has 0 radical (unpaired) electrons. The van der Waals surface area contributed by atoms with Crippen molar-refractivity contribution >= 4 is 23.4 Å². The molecular formula is C12H12ClN3O2. The summed E-state index contributed by atoms with van der Waals surface area (Å²) >= 11 is 5.72. The number of para-hydroxylation sites is 1. The van der Waals surface area contributed by atoms with E-state index < -0.39 is 6.09 Å². The fourth-order valence-electron chi connectivity index (χ4n) is 1.42. The second-order valence-electron chi connectivity index (χ2n) is 3.65. The van der Waals surface area contributed by atoms with Crippen molar-refractivity contribution in [3.63, 3.8) is 0 Å². The molecule has 0 saturated carbocycles. The lowest BCUT2D eigenvalue weighted by Crippen LogP contribution is -2.14. The zero-order chi connectivity index (χ0) is 13.0. The van der Waals surface area contributed by atoms with E-state index >= 15 is 0 Å². The molecule has 1 heterocycles. The van der Waals surface area contributed by atoms with E-state index in [1.54, 1.807) is 29.9 Å². The van der Waals surface area contributed by atoms with Crippen molar-refractivity contribution in [2.75, 3.05) is 5.32 Å². The summed E-state index contributed by atoms with van der Waals surface area (Å²) in [7, 11) is 1.74. The lowest BCUT2D eigenvalue weighted by atomic mass is 10.3. The molecule has 18 heavy (non-hydrogen) atoms. The Morgan fingerprint density at radius 1 is 1.44 bits per heavy atom. The molecule has 1 aromatic heterocycles. The number of aryl methyl sites for hydroxylation is 1. The first kappa shape index (κ1) is 12.4. The van der Waals surface area contributed by atoms with Crippen molar-refractivity contribution in [3.8, 4) is 0 Å². The van der Waals surface area contributed by atoms with Crippen molar-refractivity contribution in [3.05, 3.63) is 47.2 Å². The average Bonchev–Trinajstić information content (AvgIpc) is 2.66. The minimum Gasteiger partial charge on any atom is -0.443 e. The van der Waals surface area contributed by atoms with Gasteiger partial charge in [-0.1, -0.05) is 29.8 Å². The van der Waals surface area contributed by atoms with Gasteiger partial charge in [0.1, 0.15) is 6.61 Å². The Bertz CT molecular complexity index is 540. The summed E-state index contributed by atoms with van der Waals surface area (Å²) in [6, 6.07) is 10.7. The third-order valence-electron chi connectivity index (χ3n) is 2.32. The van der Waals surface area contributed by atoms with Gasteiger partial charge >= 0.3 is 6.09 Å². The zero-order valence-corrected chi connectivity index (χ0v) is 10.5. The van der Waals surface area contributed by atoms with Crippen LogP contribution in [-0.2, 0) is 18.4 Å². The predicted molar refractivity (Wildman–Crippen MR) is 68.5 cm³/mol. The Morgan fingerprint density at radius 3 is 2.78 bits per heavy atom. The fraction of sp³-hybridized carbons (Fsp3) is 0.167. The fourth-order valence-corrected chi connectivity index (χ4v) is 1.66. The number of carbonyl (C=O) groups excluding carboxylic acids is 1. The average molecular weight is 266 g/mol. The molecule has 0 aliphatic heterocycles. The summed E-state index contributed by atoms with van der Waals surface area (Å²) in [6.07, 6.45) is -0.515. The van der Waals surface area contributed by atoms with Crippen LogP contribution in [0.5, 0.6) is 0 Å². The highest BCUT2D eigenvalue weighted by Crippen LogP contribution is 2.10. The Kier molecular flexibility index (Phi) is 3.84. The first-order valence-electron chi connectivity index (χ1n) is 5.32. The molecule has 2 aromatic rings. The van der Waals surface area contributed by atoms with Gasteiger partial charge in [-0.25, -0.2) is 4.79 Å². The quantitative estimate of drug-likeness (QED) is 0.928. The van der Waals surface area contributed by atoms with Crippen molar-refractivity contribution in [1.82, 2.24) is 9.78 Å². The van der Waals surface area contributed by atoms with Gasteiger partial charge in [-0.2, -0.15) is 5.10 Å². The van der Waals surface area contributed by atoms with E-state index in [-0.39, 0.29) is 6.61 Å². The number of benzene rings is 1. The first-order chi connectivity index (χ1) is 8.65. The number of anilines is 1. The topological polar surface area (TPSA) is 56.2 Å². The summed E-state index contributed by atoms with van der Waals surface area (Å²) in [5.41, 5.74) is 1.41. The Morgan fingerprint density at radius 2 is 2.17 bits per heavy atom. The number of ether oxygens (including phenoxy) is 1. The van der Waals surface area contributed by atoms with Gasteiger partial charge in [-0.05, 0) is 12.1 Å². The van der Waals surface area contributed by atoms with E-state index in [0.717, 1.165) is 5.69 Å². The van der Waals surface area contributed by atoms with Gasteiger partial charge in [-0.15, -0.1) is 0 Å². The van der Waals surface area contributed by atoms with Crippen LogP contribution in [0, 0.1) is 0 Å². The molecule has 5 nitrogen and oxygen atoms in total. The monoisotopic (exact) mass is 265 g/mol. The van der Waals surface area contributed by atoms with E-state index in [9.17, 15) is 4.79 Å². The molecule has 94 valence electrons. The van der Waals surface area contributed by atoms with Crippen molar-refractivity contribution < 1.29 is 9.53 Å². The van der Waals surface area contributed by atoms with Crippen molar-refractivity contribution in [1.29, 1.82) is 0 Å². The molecule has 0 atom stereocenters. The van der Waals surface area contributed by atoms with E-state index in [1.807, 2.05) is 18.2 Å². The summed E-state index contributed by atoms with van der Waals surface area (Å²) in [4.78, 5) is 11.5. The maximum atomic E-state index is 11.5. The normalized spacial score (nSPS) is 10.1. The van der Waals surface area contributed by atoms with Crippen LogP contribution < -0.4 is 5.32 Å². The second-order valence-corrected chi connectivity index (χ2v) is 4.04. The van der Waals surface area contributed by atoms with Crippen molar-refractivity contribution in [2.24, 2.45) is 7.05 Å². The van der Waals surface area contributed by atoms with Crippen molar-refractivity contribution in [2.45, 2.75) is 6.61 Å². The van der Waals surface area contributed by atoms with Gasteiger partial charge < -0.3 is 4.74 Å². The molecule has 1 N–H and O–H groups in total. The lowest BCUT2D eigenvalue weighted by molar-refractivity contribution is 0.152. The number of halogens is 1. The molecule has 1 aromatic carbocycles. The van der Waals surface area contributed by atoms with Crippen LogP contribution in [0.2, 0.25) is 5.15 Å². The van der Waals surface area contributed by atoms with Crippen LogP contribution in [0.3, 0.4) is 0 Å². The minimum absolute atomic E-state index is 0.120. The van der Waals surface area contributed by atoms with Crippen LogP contribution in [0.4, 0.5) is 10.5 Å². The Labute approximate surface area is 109 Å². The van der Waals surface area contributed by atoms with Gasteiger partial charge in [0.05, 0.1) is 5.69 Å². The number of hydrogen-bond acceptors (Lipinski definition) is 3. The molecule has 2 rings (SSSR count). The largest absolute Gasteiger partial charge is 0.443 e. The predicted octanol–water partition coefficient (Wildman–Crippen LogP) is 2.82. The third-order valence-corrected chi connectivity index (χ3v) is 2.50. The minimum atomic E-state index is -0.515. The van der Waals surface area contributed by atoms with Gasteiger partial charge in [0.2, 0.25) is 0 Å². The van der Waals surface area contributed by atoms with E-state index in [0.29, 0.717) is 10.8 Å². The molecule has 0 fully saturated rings. The van der Waals surface area contributed by atoms with Crippen LogP contribution in [0.1, 0.15) is 5.69 Å². The molecule has 6 heteroatoms. The summed E-state index contributed by atoms with van der Waals surface area (Å²) < 4.78 is 6.62. The molecule has 0 saturated heterocycles. The number of nitrogens with one attached hydrogen (secondary N) is 1. The highest BCUT2D eigenvalue weighted by Gasteiger charge is 2.07. The summed E-state index contributed by atoms with van der Waals surface area (Å²) in [6.45, 7) is 0.120. The van der Waals surface area contributed by atoms with Crippen LogP contribution in [-0.4, -0.2) is 15.9 Å². The van der Waals surface area contributed by atoms with Crippen LogP contribution in [0.15, 0.2) is 36.4 Å². The van der Waals surface area contributed by atoms with Gasteiger partial charge in [-0.3, -0.25) is 10.00 Å². The number of aromatic nitrogens is 2. The van der Waals surface area contributed by atoms with Gasteiger partial charge in [0, 0.05) is 18.8 Å². The standard InChI is InChI=1S/C12H12ClN3O2/c1-16-10(7-11(13)15-16)8-18-12(17)14-9-5-3-2-4-6-9/h2-7H,8H2,1H3,(H,14,17). The summed E-state index contributed by atoms with van der Waals surface area (Å²) in [5, 5.41) is 6.93. The van der Waals surface area contributed by atoms with Gasteiger partial charge in [0.15, 0.2) is 5.15 Å². The highest BCUT2D eigenvalue weighted by atomic mass is 35.5. The highest BCUT2D eigenvalue weighted by molar-refractivity contribution is 6.29. The first-order valence-corrected chi connectivity index (χ1v) is 5.70. The molecule has 0 bridgehead atoms. The maximum Gasteiger partial charge on any atom is 0.412 e. The zero-order valence-electron chi connectivity index (χ0n) is 9.76.